The van der Waals surface area contributed by atoms with Crippen molar-refractivity contribution in [3.8, 4) is 0 Å². The van der Waals surface area contributed by atoms with Crippen molar-refractivity contribution in [3.05, 3.63) is 29.8 Å². The largest absolute Gasteiger partial charge is 0.399 e. The molecule has 0 spiro atoms. The van der Waals surface area contributed by atoms with Crippen LogP contribution in [0.1, 0.15) is 29.6 Å². The summed E-state index contributed by atoms with van der Waals surface area (Å²) in [6.07, 6.45) is 2.99. The molecule has 1 saturated heterocycles. The average Bonchev–Trinajstić information content (AvgIpc) is 2.31. The molecule has 1 atom stereocenters. The van der Waals surface area contributed by atoms with Crippen molar-refractivity contribution in [3.63, 3.8) is 0 Å². The molecule has 16 heavy (non-hydrogen) atoms. The fourth-order valence-corrected chi connectivity index (χ4v) is 2.15. The van der Waals surface area contributed by atoms with E-state index in [-0.39, 0.29) is 5.78 Å². The highest BCUT2D eigenvalue weighted by Crippen LogP contribution is 2.17. The Kier molecular flexibility index (Phi) is 3.57. The van der Waals surface area contributed by atoms with E-state index in [2.05, 4.69) is 5.32 Å². The van der Waals surface area contributed by atoms with Crippen molar-refractivity contribution in [1.29, 1.82) is 0 Å². The van der Waals surface area contributed by atoms with E-state index >= 15 is 0 Å². The van der Waals surface area contributed by atoms with E-state index in [4.69, 9.17) is 5.73 Å². The molecule has 0 saturated carbocycles. The number of hydrogen-bond acceptors (Lipinski definition) is 3. The molecule has 1 aromatic rings. The number of nitrogens with two attached hydrogens (primary N) is 1. The summed E-state index contributed by atoms with van der Waals surface area (Å²) < 4.78 is 0. The minimum atomic E-state index is 0.230. The third kappa shape index (κ3) is 2.83. The molecule has 3 nitrogen and oxygen atoms in total. The number of ketones is 1. The Labute approximate surface area is 96.0 Å². The van der Waals surface area contributed by atoms with Crippen molar-refractivity contribution in [2.24, 2.45) is 5.92 Å². The van der Waals surface area contributed by atoms with Crippen LogP contribution in [0.25, 0.3) is 0 Å². The molecule has 3 heteroatoms. The average molecular weight is 218 g/mol. The smallest absolute Gasteiger partial charge is 0.163 e. The van der Waals surface area contributed by atoms with Gasteiger partial charge < -0.3 is 11.1 Å². The molecule has 2 rings (SSSR count). The number of nitrogens with one attached hydrogen (secondary N) is 1. The lowest BCUT2D eigenvalue weighted by atomic mass is 9.92. The number of rotatable bonds is 3. The van der Waals surface area contributed by atoms with Gasteiger partial charge in [-0.05, 0) is 56.1 Å². The Bertz CT molecular complexity index is 353. The van der Waals surface area contributed by atoms with Crippen molar-refractivity contribution in [1.82, 2.24) is 5.32 Å². The van der Waals surface area contributed by atoms with E-state index in [1.54, 1.807) is 12.1 Å². The molecule has 1 aromatic carbocycles. The van der Waals surface area contributed by atoms with Gasteiger partial charge in [0, 0.05) is 17.7 Å². The van der Waals surface area contributed by atoms with Crippen LogP contribution >= 0.6 is 0 Å². The number of piperidine rings is 1. The van der Waals surface area contributed by atoms with Crippen molar-refractivity contribution in [2.45, 2.75) is 19.3 Å². The van der Waals surface area contributed by atoms with Crippen molar-refractivity contribution >= 4 is 11.5 Å². The highest BCUT2D eigenvalue weighted by molar-refractivity contribution is 5.96. The molecular weight excluding hydrogens is 200 g/mol. The van der Waals surface area contributed by atoms with Crippen molar-refractivity contribution < 1.29 is 4.79 Å². The van der Waals surface area contributed by atoms with Crippen LogP contribution in [-0.2, 0) is 0 Å². The molecule has 86 valence electrons. The Morgan fingerprint density at radius 3 is 2.75 bits per heavy atom. The molecule has 1 fully saturated rings. The zero-order valence-electron chi connectivity index (χ0n) is 9.41. The van der Waals surface area contributed by atoms with Gasteiger partial charge in [0.2, 0.25) is 0 Å². The highest BCUT2D eigenvalue weighted by Gasteiger charge is 2.17. The summed E-state index contributed by atoms with van der Waals surface area (Å²) in [6, 6.07) is 7.19. The Balaban J connectivity index is 1.94. The van der Waals surface area contributed by atoms with Gasteiger partial charge in [0.25, 0.3) is 0 Å². The van der Waals surface area contributed by atoms with Crippen molar-refractivity contribution in [2.75, 3.05) is 18.8 Å². The van der Waals surface area contributed by atoms with Crippen LogP contribution in [0.4, 0.5) is 5.69 Å². The monoisotopic (exact) mass is 218 g/mol. The molecule has 0 aromatic heterocycles. The summed E-state index contributed by atoms with van der Waals surface area (Å²) in [5, 5.41) is 3.33. The first kappa shape index (κ1) is 11.1. The van der Waals surface area contributed by atoms with Gasteiger partial charge in [0.1, 0.15) is 0 Å². The summed E-state index contributed by atoms with van der Waals surface area (Å²) in [5.41, 5.74) is 7.07. The minimum Gasteiger partial charge on any atom is -0.399 e. The first-order valence-electron chi connectivity index (χ1n) is 5.85. The summed E-state index contributed by atoms with van der Waals surface area (Å²) in [5.74, 6) is 0.729. The maximum absolute atomic E-state index is 12.0. The molecule has 1 aliphatic rings. The van der Waals surface area contributed by atoms with Crippen LogP contribution in [0.2, 0.25) is 0 Å². The summed E-state index contributed by atoms with van der Waals surface area (Å²) >= 11 is 0. The number of hydrogen-bond donors (Lipinski definition) is 2. The summed E-state index contributed by atoms with van der Waals surface area (Å²) in [4.78, 5) is 12.0. The maximum Gasteiger partial charge on any atom is 0.163 e. The van der Waals surface area contributed by atoms with Gasteiger partial charge in [-0.1, -0.05) is 0 Å². The fourth-order valence-electron chi connectivity index (χ4n) is 2.15. The quantitative estimate of drug-likeness (QED) is 0.601. The second kappa shape index (κ2) is 5.12. The molecule has 0 radical (unpaired) electrons. The van der Waals surface area contributed by atoms with Gasteiger partial charge in [-0.15, -0.1) is 0 Å². The topological polar surface area (TPSA) is 55.1 Å². The zero-order chi connectivity index (χ0) is 11.4. The fraction of sp³-hybridized carbons (Fsp3) is 0.462. The number of carbonyl (C=O) groups is 1. The highest BCUT2D eigenvalue weighted by atomic mass is 16.1. The normalized spacial score (nSPS) is 20.6. The second-order valence-electron chi connectivity index (χ2n) is 4.46. The van der Waals surface area contributed by atoms with Crippen LogP contribution in [0.5, 0.6) is 0 Å². The molecule has 0 bridgehead atoms. The number of carbonyl (C=O) groups excluding carboxylic acids is 1. The van der Waals surface area contributed by atoms with Crippen LogP contribution in [0.3, 0.4) is 0 Å². The van der Waals surface area contributed by atoms with E-state index in [1.165, 1.54) is 6.42 Å². The Hall–Kier alpha value is -1.35. The van der Waals surface area contributed by atoms with E-state index in [9.17, 15) is 4.79 Å². The third-order valence-corrected chi connectivity index (χ3v) is 3.11. The second-order valence-corrected chi connectivity index (χ2v) is 4.46. The molecule has 0 aliphatic carbocycles. The third-order valence-electron chi connectivity index (χ3n) is 3.11. The number of nitrogen functional groups attached to an aromatic ring is 1. The van der Waals surface area contributed by atoms with Crippen LogP contribution in [0, 0.1) is 5.92 Å². The first-order chi connectivity index (χ1) is 7.75. The van der Waals surface area contributed by atoms with E-state index in [0.717, 1.165) is 25.1 Å². The number of Topliss-reactive ketones (excluding diaryl/α,β-unsaturated/α-hetero) is 1. The maximum atomic E-state index is 12.0. The minimum absolute atomic E-state index is 0.230. The lowest BCUT2D eigenvalue weighted by molar-refractivity contribution is 0.0954. The molecule has 1 aliphatic heterocycles. The standard InChI is InChI=1S/C13H18N2O/c14-12-5-3-11(4-6-12)13(16)8-10-2-1-7-15-9-10/h3-6,10,15H,1-2,7-9,14H2. The van der Waals surface area contributed by atoms with E-state index < -0.39 is 0 Å². The Morgan fingerprint density at radius 2 is 2.12 bits per heavy atom. The van der Waals surface area contributed by atoms with Crippen LogP contribution in [0.15, 0.2) is 24.3 Å². The molecule has 0 amide bonds. The Morgan fingerprint density at radius 1 is 1.38 bits per heavy atom. The first-order valence-corrected chi connectivity index (χ1v) is 5.85. The SMILES string of the molecule is Nc1ccc(C(=O)CC2CCCNC2)cc1. The predicted molar refractivity (Wildman–Crippen MR) is 65.4 cm³/mol. The van der Waals surface area contributed by atoms with E-state index in [0.29, 0.717) is 18.0 Å². The van der Waals surface area contributed by atoms with E-state index in [1.807, 2.05) is 12.1 Å². The van der Waals surface area contributed by atoms with Gasteiger partial charge in [0.15, 0.2) is 5.78 Å². The van der Waals surface area contributed by atoms with Gasteiger partial charge >= 0.3 is 0 Å². The molecule has 1 heterocycles. The zero-order valence-corrected chi connectivity index (χ0v) is 9.41. The van der Waals surface area contributed by atoms with Crippen LogP contribution < -0.4 is 11.1 Å². The summed E-state index contributed by atoms with van der Waals surface area (Å²) in [7, 11) is 0. The molecular formula is C13H18N2O. The molecule has 3 N–H and O–H groups in total. The molecule has 1 unspecified atom stereocenters. The lowest BCUT2D eigenvalue weighted by Gasteiger charge is -2.21. The number of anilines is 1. The van der Waals surface area contributed by atoms with Gasteiger partial charge in [0.05, 0.1) is 0 Å². The van der Waals surface area contributed by atoms with Gasteiger partial charge in [-0.25, -0.2) is 0 Å². The predicted octanol–water partition coefficient (Wildman–Crippen LogP) is 1.84. The number of benzene rings is 1. The van der Waals surface area contributed by atoms with Gasteiger partial charge in [-0.2, -0.15) is 0 Å². The van der Waals surface area contributed by atoms with Gasteiger partial charge in [-0.3, -0.25) is 4.79 Å². The lowest BCUT2D eigenvalue weighted by Crippen LogP contribution is -2.31. The van der Waals surface area contributed by atoms with Crippen LogP contribution in [-0.4, -0.2) is 18.9 Å². The summed E-state index contributed by atoms with van der Waals surface area (Å²) in [6.45, 7) is 2.06.